The normalized spacial score (nSPS) is 17.9. The first-order valence-corrected chi connectivity index (χ1v) is 8.83. The predicted molar refractivity (Wildman–Crippen MR) is 93.9 cm³/mol. The monoisotopic (exact) mass is 338 g/mol. The standard InChI is InChI=1S/C18H22N6O/c25-17(4-2-8-23-10-7-19-13-23)24-9-1-3-15(12-24)16-6-5-14-11-20-22-18(14)21-16/h5-7,10-11,13,15H,1-4,8-9,12H2,(H,20,21,22). The number of nitrogens with zero attached hydrogens (tertiary/aromatic N) is 5. The third-order valence-corrected chi connectivity index (χ3v) is 4.88. The third kappa shape index (κ3) is 3.55. The lowest BCUT2D eigenvalue weighted by Crippen LogP contribution is -2.39. The molecular weight excluding hydrogens is 316 g/mol. The van der Waals surface area contributed by atoms with E-state index in [4.69, 9.17) is 0 Å². The van der Waals surface area contributed by atoms with Crippen LogP contribution >= 0.6 is 0 Å². The molecule has 3 aromatic heterocycles. The van der Waals surface area contributed by atoms with E-state index in [9.17, 15) is 4.79 Å². The Hall–Kier alpha value is -2.70. The minimum absolute atomic E-state index is 0.243. The first-order chi connectivity index (χ1) is 12.3. The van der Waals surface area contributed by atoms with Crippen LogP contribution in [0, 0.1) is 0 Å². The Labute approximate surface area is 146 Å². The Kier molecular flexibility index (Phi) is 4.45. The van der Waals surface area contributed by atoms with Crippen LogP contribution in [-0.2, 0) is 11.3 Å². The molecule has 7 nitrogen and oxygen atoms in total. The van der Waals surface area contributed by atoms with Gasteiger partial charge in [-0.2, -0.15) is 5.10 Å². The largest absolute Gasteiger partial charge is 0.342 e. The molecule has 1 atom stereocenters. The first-order valence-electron chi connectivity index (χ1n) is 8.83. The molecule has 7 heteroatoms. The van der Waals surface area contributed by atoms with Crippen molar-refractivity contribution in [3.05, 3.63) is 42.7 Å². The van der Waals surface area contributed by atoms with E-state index in [2.05, 4.69) is 26.2 Å². The number of likely N-dealkylation sites (tertiary alicyclic amines) is 1. The number of rotatable bonds is 5. The highest BCUT2D eigenvalue weighted by molar-refractivity contribution is 5.76. The van der Waals surface area contributed by atoms with Crippen molar-refractivity contribution in [3.63, 3.8) is 0 Å². The smallest absolute Gasteiger partial charge is 0.222 e. The molecule has 130 valence electrons. The molecule has 0 radical (unpaired) electrons. The summed E-state index contributed by atoms with van der Waals surface area (Å²) < 4.78 is 2.01. The summed E-state index contributed by atoms with van der Waals surface area (Å²) in [5.74, 6) is 0.548. The fourth-order valence-electron chi connectivity index (χ4n) is 3.50. The molecule has 1 unspecified atom stereocenters. The fourth-order valence-corrected chi connectivity index (χ4v) is 3.50. The van der Waals surface area contributed by atoms with Crippen molar-refractivity contribution in [1.29, 1.82) is 0 Å². The highest BCUT2D eigenvalue weighted by atomic mass is 16.2. The van der Waals surface area contributed by atoms with Gasteiger partial charge in [-0.1, -0.05) is 0 Å². The topological polar surface area (TPSA) is 79.7 Å². The molecule has 1 amide bonds. The van der Waals surface area contributed by atoms with Crippen molar-refractivity contribution in [3.8, 4) is 0 Å². The second-order valence-electron chi connectivity index (χ2n) is 6.63. The van der Waals surface area contributed by atoms with E-state index in [1.54, 1.807) is 18.7 Å². The molecule has 4 heterocycles. The number of carbonyl (C=O) groups is 1. The SMILES string of the molecule is O=C(CCCn1ccnc1)N1CCCC(c2ccc3cn[nH]c3n2)C1. The van der Waals surface area contributed by atoms with Gasteiger partial charge in [0.05, 0.1) is 12.5 Å². The predicted octanol–water partition coefficient (Wildman–Crippen LogP) is 2.34. The molecule has 1 N–H and O–H groups in total. The van der Waals surface area contributed by atoms with Crippen LogP contribution in [0.1, 0.15) is 37.3 Å². The Morgan fingerprint density at radius 1 is 1.36 bits per heavy atom. The zero-order valence-corrected chi connectivity index (χ0v) is 14.1. The van der Waals surface area contributed by atoms with Gasteiger partial charge in [-0.25, -0.2) is 9.97 Å². The van der Waals surface area contributed by atoms with Gasteiger partial charge in [-0.05, 0) is 31.4 Å². The van der Waals surface area contributed by atoms with Crippen LogP contribution in [0.15, 0.2) is 37.1 Å². The number of nitrogens with one attached hydrogen (secondary N) is 1. The average molecular weight is 338 g/mol. The zero-order valence-electron chi connectivity index (χ0n) is 14.1. The van der Waals surface area contributed by atoms with Gasteiger partial charge in [0.1, 0.15) is 0 Å². The maximum Gasteiger partial charge on any atom is 0.222 e. The van der Waals surface area contributed by atoms with Crippen LogP contribution in [0.5, 0.6) is 0 Å². The number of carbonyl (C=O) groups excluding carboxylic acids is 1. The van der Waals surface area contributed by atoms with E-state index in [0.29, 0.717) is 12.3 Å². The van der Waals surface area contributed by atoms with Crippen LogP contribution in [0.4, 0.5) is 0 Å². The summed E-state index contributed by atoms with van der Waals surface area (Å²) in [4.78, 5) is 23.2. The third-order valence-electron chi connectivity index (χ3n) is 4.88. The number of aromatic nitrogens is 5. The Balaban J connectivity index is 1.35. The maximum absolute atomic E-state index is 12.5. The molecule has 1 aliphatic rings. The quantitative estimate of drug-likeness (QED) is 0.774. The Bertz CT molecular complexity index is 840. The lowest BCUT2D eigenvalue weighted by molar-refractivity contribution is -0.132. The van der Waals surface area contributed by atoms with Crippen LogP contribution in [0.25, 0.3) is 11.0 Å². The summed E-state index contributed by atoms with van der Waals surface area (Å²) in [6.45, 7) is 2.45. The maximum atomic E-state index is 12.5. The number of hydrogen-bond donors (Lipinski definition) is 1. The first kappa shape index (κ1) is 15.8. The summed E-state index contributed by atoms with van der Waals surface area (Å²) in [5, 5.41) is 7.97. The molecule has 1 fully saturated rings. The van der Waals surface area contributed by atoms with Crippen molar-refractivity contribution in [2.75, 3.05) is 13.1 Å². The molecule has 1 aliphatic heterocycles. The van der Waals surface area contributed by atoms with E-state index in [1.807, 2.05) is 21.7 Å². The molecule has 0 spiro atoms. The second-order valence-corrected chi connectivity index (χ2v) is 6.63. The minimum Gasteiger partial charge on any atom is -0.342 e. The molecule has 0 aliphatic carbocycles. The number of amides is 1. The summed E-state index contributed by atoms with van der Waals surface area (Å²) in [6, 6.07) is 4.11. The second kappa shape index (κ2) is 7.04. The van der Waals surface area contributed by atoms with Gasteiger partial charge in [-0.3, -0.25) is 9.89 Å². The zero-order chi connectivity index (χ0) is 17.1. The molecule has 0 aromatic carbocycles. The molecular formula is C18H22N6O. The molecule has 3 aromatic rings. The van der Waals surface area contributed by atoms with Crippen LogP contribution < -0.4 is 0 Å². The number of aromatic amines is 1. The molecule has 0 saturated carbocycles. The van der Waals surface area contributed by atoms with Crippen molar-refractivity contribution in [1.82, 2.24) is 29.6 Å². The number of hydrogen-bond acceptors (Lipinski definition) is 4. The molecule has 1 saturated heterocycles. The highest BCUT2D eigenvalue weighted by Crippen LogP contribution is 2.27. The molecule has 4 rings (SSSR count). The number of H-pyrrole nitrogens is 1. The number of fused-ring (bicyclic) bond motifs is 1. The van der Waals surface area contributed by atoms with Gasteiger partial charge < -0.3 is 9.47 Å². The van der Waals surface area contributed by atoms with Crippen molar-refractivity contribution < 1.29 is 4.79 Å². The number of pyridine rings is 1. The number of aryl methyl sites for hydroxylation is 1. The fraction of sp³-hybridized carbons (Fsp3) is 0.444. The van der Waals surface area contributed by atoms with E-state index in [1.165, 1.54) is 0 Å². The Morgan fingerprint density at radius 3 is 3.20 bits per heavy atom. The summed E-state index contributed by atoms with van der Waals surface area (Å²) >= 11 is 0. The van der Waals surface area contributed by atoms with E-state index in [-0.39, 0.29) is 5.91 Å². The van der Waals surface area contributed by atoms with E-state index in [0.717, 1.165) is 55.6 Å². The van der Waals surface area contributed by atoms with Crippen molar-refractivity contribution in [2.24, 2.45) is 0 Å². The lowest BCUT2D eigenvalue weighted by Gasteiger charge is -2.32. The number of piperidine rings is 1. The van der Waals surface area contributed by atoms with Gasteiger partial charge in [0.25, 0.3) is 0 Å². The van der Waals surface area contributed by atoms with E-state index >= 15 is 0 Å². The minimum atomic E-state index is 0.243. The average Bonchev–Trinajstić information content (AvgIpc) is 3.32. The molecule has 25 heavy (non-hydrogen) atoms. The van der Waals surface area contributed by atoms with E-state index < -0.39 is 0 Å². The van der Waals surface area contributed by atoms with Crippen LogP contribution in [-0.4, -0.2) is 48.6 Å². The van der Waals surface area contributed by atoms with Gasteiger partial charge in [0.15, 0.2) is 5.65 Å². The highest BCUT2D eigenvalue weighted by Gasteiger charge is 2.25. The van der Waals surface area contributed by atoms with Gasteiger partial charge in [0, 0.05) is 55.4 Å². The van der Waals surface area contributed by atoms with Crippen molar-refractivity contribution in [2.45, 2.75) is 38.1 Å². The summed E-state index contributed by atoms with van der Waals surface area (Å²) in [5.41, 5.74) is 1.87. The number of imidazole rings is 1. The van der Waals surface area contributed by atoms with Crippen LogP contribution in [0.3, 0.4) is 0 Å². The molecule has 0 bridgehead atoms. The lowest BCUT2D eigenvalue weighted by atomic mass is 9.94. The Morgan fingerprint density at radius 2 is 2.32 bits per heavy atom. The summed E-state index contributed by atoms with van der Waals surface area (Å²) in [7, 11) is 0. The van der Waals surface area contributed by atoms with Gasteiger partial charge in [-0.15, -0.1) is 0 Å². The van der Waals surface area contributed by atoms with Gasteiger partial charge in [0.2, 0.25) is 5.91 Å². The van der Waals surface area contributed by atoms with Gasteiger partial charge >= 0.3 is 0 Å². The van der Waals surface area contributed by atoms with Crippen LogP contribution in [0.2, 0.25) is 0 Å². The van der Waals surface area contributed by atoms with Crippen molar-refractivity contribution >= 4 is 16.9 Å². The summed E-state index contributed by atoms with van der Waals surface area (Å²) in [6.07, 6.45) is 10.8.